The Morgan fingerprint density at radius 1 is 1.26 bits per heavy atom. The first-order chi connectivity index (χ1) is 10.7. The van der Waals surface area contributed by atoms with Gasteiger partial charge in [-0.05, 0) is 45.7 Å². The Morgan fingerprint density at radius 2 is 1.87 bits per heavy atom. The summed E-state index contributed by atoms with van der Waals surface area (Å²) in [5.74, 6) is -0.272. The van der Waals surface area contributed by atoms with E-state index in [4.69, 9.17) is 9.47 Å². The lowest BCUT2D eigenvalue weighted by atomic mass is 10.1. The predicted molar refractivity (Wildman–Crippen MR) is 87.2 cm³/mol. The van der Waals surface area contributed by atoms with Crippen LogP contribution in [0.25, 0.3) is 0 Å². The Bertz CT molecular complexity index is 587. The molecule has 0 unspecified atom stereocenters. The van der Waals surface area contributed by atoms with Crippen molar-refractivity contribution in [1.82, 2.24) is 4.90 Å². The molecule has 1 aliphatic heterocycles. The van der Waals surface area contributed by atoms with Gasteiger partial charge in [0.1, 0.15) is 18.4 Å². The normalized spacial score (nSPS) is 18.0. The molecule has 1 N–H and O–H groups in total. The van der Waals surface area contributed by atoms with Gasteiger partial charge < -0.3 is 14.8 Å². The van der Waals surface area contributed by atoms with Crippen LogP contribution >= 0.6 is 0 Å². The SMILES string of the molecule is Cc1cccc(C)c1NC(=O)[C@H]1COCN1C(=O)OC(C)(C)C. The Kier molecular flexibility index (Phi) is 4.94. The number of hydrogen-bond acceptors (Lipinski definition) is 4. The lowest BCUT2D eigenvalue weighted by Gasteiger charge is -2.27. The average molecular weight is 320 g/mol. The van der Waals surface area contributed by atoms with Crippen LogP contribution < -0.4 is 5.32 Å². The summed E-state index contributed by atoms with van der Waals surface area (Å²) in [4.78, 5) is 26.1. The third-order valence-electron chi connectivity index (χ3n) is 3.54. The molecular formula is C17H24N2O4. The smallest absolute Gasteiger partial charge is 0.412 e. The summed E-state index contributed by atoms with van der Waals surface area (Å²) in [5, 5.41) is 2.90. The fourth-order valence-electron chi connectivity index (χ4n) is 2.38. The van der Waals surface area contributed by atoms with Crippen LogP contribution in [0.3, 0.4) is 0 Å². The maximum absolute atomic E-state index is 12.6. The fraction of sp³-hybridized carbons (Fsp3) is 0.529. The number of anilines is 1. The first kappa shape index (κ1) is 17.3. The van der Waals surface area contributed by atoms with Crippen molar-refractivity contribution in [2.45, 2.75) is 46.3 Å². The van der Waals surface area contributed by atoms with Crippen molar-refractivity contribution in [2.24, 2.45) is 0 Å². The van der Waals surface area contributed by atoms with Gasteiger partial charge >= 0.3 is 6.09 Å². The zero-order chi connectivity index (χ0) is 17.2. The van der Waals surface area contributed by atoms with E-state index in [1.54, 1.807) is 20.8 Å². The predicted octanol–water partition coefficient (Wildman–Crippen LogP) is 2.84. The van der Waals surface area contributed by atoms with Gasteiger partial charge in [-0.1, -0.05) is 18.2 Å². The number of rotatable bonds is 2. The Morgan fingerprint density at radius 3 is 2.43 bits per heavy atom. The molecule has 0 radical (unpaired) electrons. The van der Waals surface area contributed by atoms with Crippen LogP contribution in [0.2, 0.25) is 0 Å². The molecule has 6 heteroatoms. The van der Waals surface area contributed by atoms with E-state index in [0.29, 0.717) is 0 Å². The Hall–Kier alpha value is -2.08. The number of hydrogen-bond donors (Lipinski definition) is 1. The van der Waals surface area contributed by atoms with Crippen LogP contribution in [-0.4, -0.2) is 41.9 Å². The molecule has 1 aromatic carbocycles. The number of ether oxygens (including phenoxy) is 2. The lowest BCUT2D eigenvalue weighted by molar-refractivity contribution is -0.120. The van der Waals surface area contributed by atoms with Crippen molar-refractivity contribution in [3.63, 3.8) is 0 Å². The summed E-state index contributed by atoms with van der Waals surface area (Å²) in [6.45, 7) is 9.43. The highest BCUT2D eigenvalue weighted by Crippen LogP contribution is 2.22. The summed E-state index contributed by atoms with van der Waals surface area (Å²) in [6, 6.07) is 5.11. The van der Waals surface area contributed by atoms with Gasteiger partial charge in [-0.2, -0.15) is 0 Å². The minimum Gasteiger partial charge on any atom is -0.444 e. The number of nitrogens with one attached hydrogen (secondary N) is 1. The minimum atomic E-state index is -0.691. The van der Waals surface area contributed by atoms with Crippen molar-refractivity contribution >= 4 is 17.7 Å². The number of aryl methyl sites for hydroxylation is 2. The molecule has 0 saturated carbocycles. The molecule has 1 aliphatic rings. The van der Waals surface area contributed by atoms with Crippen molar-refractivity contribution in [1.29, 1.82) is 0 Å². The number of para-hydroxylation sites is 1. The second-order valence-electron chi connectivity index (χ2n) is 6.72. The summed E-state index contributed by atoms with van der Waals surface area (Å²) < 4.78 is 10.6. The molecule has 0 aliphatic carbocycles. The number of carbonyl (C=O) groups excluding carboxylic acids is 2. The first-order valence-electron chi connectivity index (χ1n) is 7.63. The van der Waals surface area contributed by atoms with E-state index < -0.39 is 17.7 Å². The van der Waals surface area contributed by atoms with Crippen molar-refractivity contribution < 1.29 is 19.1 Å². The molecule has 2 rings (SSSR count). The molecule has 2 amide bonds. The van der Waals surface area contributed by atoms with E-state index in [0.717, 1.165) is 16.8 Å². The van der Waals surface area contributed by atoms with Crippen LogP contribution in [0.1, 0.15) is 31.9 Å². The number of benzene rings is 1. The third-order valence-corrected chi connectivity index (χ3v) is 3.54. The zero-order valence-corrected chi connectivity index (χ0v) is 14.3. The molecule has 0 bridgehead atoms. The van der Waals surface area contributed by atoms with Gasteiger partial charge in [0.05, 0.1) is 6.61 Å². The highest BCUT2D eigenvalue weighted by Gasteiger charge is 2.37. The summed E-state index contributed by atoms with van der Waals surface area (Å²) >= 11 is 0. The van der Waals surface area contributed by atoms with Crippen LogP contribution in [0.15, 0.2) is 18.2 Å². The molecule has 1 saturated heterocycles. The van der Waals surface area contributed by atoms with Gasteiger partial charge in [0.2, 0.25) is 5.91 Å². The second-order valence-corrected chi connectivity index (χ2v) is 6.72. The molecule has 126 valence electrons. The Labute approximate surface area is 136 Å². The standard InChI is InChI=1S/C17H24N2O4/c1-11-7-6-8-12(2)14(11)18-15(20)13-9-22-10-19(13)16(21)23-17(3,4)5/h6-8,13H,9-10H2,1-5H3,(H,18,20)/t13-/m1/s1. The van der Waals surface area contributed by atoms with Gasteiger partial charge in [0, 0.05) is 5.69 Å². The molecule has 1 aromatic rings. The molecule has 6 nitrogen and oxygen atoms in total. The first-order valence-corrected chi connectivity index (χ1v) is 7.63. The van der Waals surface area contributed by atoms with Gasteiger partial charge in [0.25, 0.3) is 0 Å². The van der Waals surface area contributed by atoms with Gasteiger partial charge in [-0.3, -0.25) is 9.69 Å². The van der Waals surface area contributed by atoms with Crippen LogP contribution in [0.5, 0.6) is 0 Å². The van der Waals surface area contributed by atoms with E-state index in [1.807, 2.05) is 32.0 Å². The summed E-state index contributed by atoms with van der Waals surface area (Å²) in [7, 11) is 0. The van der Waals surface area contributed by atoms with Gasteiger partial charge in [0.15, 0.2) is 0 Å². The second kappa shape index (κ2) is 6.58. The number of carbonyl (C=O) groups is 2. The average Bonchev–Trinajstić information content (AvgIpc) is 2.90. The van der Waals surface area contributed by atoms with Crippen LogP contribution in [-0.2, 0) is 14.3 Å². The monoisotopic (exact) mass is 320 g/mol. The lowest BCUT2D eigenvalue weighted by Crippen LogP contribution is -2.46. The van der Waals surface area contributed by atoms with E-state index in [2.05, 4.69) is 5.32 Å². The van der Waals surface area contributed by atoms with E-state index in [-0.39, 0.29) is 19.2 Å². The molecule has 1 heterocycles. The van der Waals surface area contributed by atoms with Crippen LogP contribution in [0.4, 0.5) is 10.5 Å². The van der Waals surface area contributed by atoms with E-state index in [1.165, 1.54) is 4.90 Å². The minimum absolute atomic E-state index is 0.0553. The van der Waals surface area contributed by atoms with E-state index >= 15 is 0 Å². The molecule has 0 aromatic heterocycles. The molecule has 0 spiro atoms. The maximum atomic E-state index is 12.6. The summed E-state index contributed by atoms with van der Waals surface area (Å²) in [5.41, 5.74) is 2.10. The maximum Gasteiger partial charge on any atom is 0.412 e. The summed E-state index contributed by atoms with van der Waals surface area (Å²) in [6.07, 6.45) is -0.545. The molecule has 1 fully saturated rings. The largest absolute Gasteiger partial charge is 0.444 e. The Balaban J connectivity index is 2.10. The highest BCUT2D eigenvalue weighted by molar-refractivity contribution is 5.98. The number of nitrogens with zero attached hydrogens (tertiary/aromatic N) is 1. The number of amides is 2. The van der Waals surface area contributed by atoms with Crippen molar-refractivity contribution in [2.75, 3.05) is 18.7 Å². The van der Waals surface area contributed by atoms with Crippen molar-refractivity contribution in [3.8, 4) is 0 Å². The topological polar surface area (TPSA) is 67.9 Å². The third kappa shape index (κ3) is 4.22. The fourth-order valence-corrected chi connectivity index (χ4v) is 2.38. The van der Waals surface area contributed by atoms with Gasteiger partial charge in [-0.15, -0.1) is 0 Å². The highest BCUT2D eigenvalue weighted by atomic mass is 16.6. The quantitative estimate of drug-likeness (QED) is 0.910. The zero-order valence-electron chi connectivity index (χ0n) is 14.3. The van der Waals surface area contributed by atoms with Crippen molar-refractivity contribution in [3.05, 3.63) is 29.3 Å². The molecular weight excluding hydrogens is 296 g/mol. The van der Waals surface area contributed by atoms with E-state index in [9.17, 15) is 9.59 Å². The van der Waals surface area contributed by atoms with Gasteiger partial charge in [-0.25, -0.2) is 4.79 Å². The molecule has 1 atom stereocenters. The van der Waals surface area contributed by atoms with Crippen LogP contribution in [0, 0.1) is 13.8 Å². The molecule has 23 heavy (non-hydrogen) atoms.